The summed E-state index contributed by atoms with van der Waals surface area (Å²) >= 11 is 0. The van der Waals surface area contributed by atoms with Crippen LogP contribution >= 0.6 is 0 Å². The van der Waals surface area contributed by atoms with Gasteiger partial charge in [-0.15, -0.1) is 0 Å². The van der Waals surface area contributed by atoms with Crippen LogP contribution in [0.25, 0.3) is 0 Å². The maximum atomic E-state index is 12.9. The van der Waals surface area contributed by atoms with Crippen molar-refractivity contribution in [2.24, 2.45) is 10.9 Å². The normalized spacial score (nSPS) is 22.1. The molecule has 144 valence electrons. The van der Waals surface area contributed by atoms with Gasteiger partial charge in [0.25, 0.3) is 0 Å². The molecule has 1 fully saturated rings. The molecule has 0 N–H and O–H groups in total. The van der Waals surface area contributed by atoms with Gasteiger partial charge in [0.05, 0.1) is 32.3 Å². The van der Waals surface area contributed by atoms with Crippen LogP contribution in [0.2, 0.25) is 0 Å². The lowest BCUT2D eigenvalue weighted by Gasteiger charge is -2.36. The SMILES string of the molecule is CCOC(=O)C1=C(C)N=C2CCCC(=O)[C@@H]2[C@H]1c1cc(OC)ccc1OC. The molecular formula is C21H25NO5. The molecular weight excluding hydrogens is 346 g/mol. The van der Waals surface area contributed by atoms with Crippen LogP contribution in [0.5, 0.6) is 11.5 Å². The highest BCUT2D eigenvalue weighted by Gasteiger charge is 2.44. The Morgan fingerprint density at radius 2 is 1.96 bits per heavy atom. The minimum Gasteiger partial charge on any atom is -0.497 e. The van der Waals surface area contributed by atoms with Crippen molar-refractivity contribution in [3.8, 4) is 11.5 Å². The number of hydrogen-bond donors (Lipinski definition) is 0. The molecule has 0 saturated heterocycles. The molecule has 1 heterocycles. The predicted molar refractivity (Wildman–Crippen MR) is 101 cm³/mol. The van der Waals surface area contributed by atoms with Crippen molar-refractivity contribution in [1.29, 1.82) is 0 Å². The molecule has 1 aromatic carbocycles. The van der Waals surface area contributed by atoms with E-state index >= 15 is 0 Å². The average Bonchev–Trinajstić information content (AvgIpc) is 2.66. The van der Waals surface area contributed by atoms with Crippen LogP contribution in [0.3, 0.4) is 0 Å². The summed E-state index contributed by atoms with van der Waals surface area (Å²) in [7, 11) is 3.16. The van der Waals surface area contributed by atoms with E-state index in [1.807, 2.05) is 6.07 Å². The first-order valence-corrected chi connectivity index (χ1v) is 9.21. The van der Waals surface area contributed by atoms with Gasteiger partial charge in [-0.05, 0) is 44.9 Å². The molecule has 0 unspecified atom stereocenters. The van der Waals surface area contributed by atoms with Gasteiger partial charge >= 0.3 is 5.97 Å². The van der Waals surface area contributed by atoms with E-state index in [9.17, 15) is 9.59 Å². The second-order valence-corrected chi connectivity index (χ2v) is 6.71. The van der Waals surface area contributed by atoms with Crippen molar-refractivity contribution in [2.75, 3.05) is 20.8 Å². The molecule has 2 aliphatic rings. The fourth-order valence-electron chi connectivity index (χ4n) is 4.01. The number of Topliss-reactive ketones (excluding diaryl/α,β-unsaturated/α-hetero) is 1. The zero-order valence-corrected chi connectivity index (χ0v) is 16.2. The van der Waals surface area contributed by atoms with Crippen molar-refractivity contribution in [1.82, 2.24) is 0 Å². The van der Waals surface area contributed by atoms with Crippen LogP contribution in [0, 0.1) is 5.92 Å². The van der Waals surface area contributed by atoms with Gasteiger partial charge < -0.3 is 14.2 Å². The van der Waals surface area contributed by atoms with Crippen molar-refractivity contribution in [3.63, 3.8) is 0 Å². The highest BCUT2D eigenvalue weighted by molar-refractivity contribution is 6.11. The second kappa shape index (κ2) is 7.94. The van der Waals surface area contributed by atoms with Crippen LogP contribution in [-0.2, 0) is 14.3 Å². The lowest BCUT2D eigenvalue weighted by Crippen LogP contribution is -2.39. The molecule has 0 spiro atoms. The topological polar surface area (TPSA) is 74.2 Å². The quantitative estimate of drug-likeness (QED) is 0.741. The summed E-state index contributed by atoms with van der Waals surface area (Å²) in [5, 5.41) is 0. The minimum absolute atomic E-state index is 0.101. The number of ether oxygens (including phenoxy) is 3. The molecule has 2 atom stereocenters. The molecule has 1 aromatic rings. The molecule has 0 bridgehead atoms. The van der Waals surface area contributed by atoms with E-state index in [1.165, 1.54) is 0 Å². The van der Waals surface area contributed by atoms with Gasteiger partial charge in [0.15, 0.2) is 0 Å². The number of fused-ring (bicyclic) bond motifs is 1. The van der Waals surface area contributed by atoms with Gasteiger partial charge in [-0.1, -0.05) is 0 Å². The molecule has 1 aliphatic heterocycles. The van der Waals surface area contributed by atoms with E-state index in [1.54, 1.807) is 40.2 Å². The number of rotatable bonds is 5. The molecule has 0 aromatic heterocycles. The Morgan fingerprint density at radius 3 is 2.63 bits per heavy atom. The fourth-order valence-corrected chi connectivity index (χ4v) is 4.01. The maximum Gasteiger partial charge on any atom is 0.336 e. The van der Waals surface area contributed by atoms with Gasteiger partial charge in [-0.2, -0.15) is 0 Å². The van der Waals surface area contributed by atoms with Gasteiger partial charge in [-0.25, -0.2) is 4.79 Å². The Labute approximate surface area is 159 Å². The van der Waals surface area contributed by atoms with Crippen LogP contribution in [0.4, 0.5) is 0 Å². The van der Waals surface area contributed by atoms with E-state index in [2.05, 4.69) is 4.99 Å². The summed E-state index contributed by atoms with van der Waals surface area (Å²) in [5.74, 6) is -0.0542. The summed E-state index contributed by atoms with van der Waals surface area (Å²) in [4.78, 5) is 30.3. The van der Waals surface area contributed by atoms with Gasteiger partial charge in [0.1, 0.15) is 17.3 Å². The first-order chi connectivity index (χ1) is 13.0. The second-order valence-electron chi connectivity index (χ2n) is 6.71. The van der Waals surface area contributed by atoms with Gasteiger partial charge in [-0.3, -0.25) is 9.79 Å². The highest BCUT2D eigenvalue weighted by atomic mass is 16.5. The smallest absolute Gasteiger partial charge is 0.336 e. The summed E-state index contributed by atoms with van der Waals surface area (Å²) in [6, 6.07) is 5.43. The van der Waals surface area contributed by atoms with Crippen LogP contribution in [-0.4, -0.2) is 38.3 Å². The monoisotopic (exact) mass is 371 g/mol. The Hall–Kier alpha value is -2.63. The number of aliphatic imine (C=N–C) groups is 1. The van der Waals surface area contributed by atoms with Crippen LogP contribution < -0.4 is 9.47 Å². The highest BCUT2D eigenvalue weighted by Crippen LogP contribution is 2.46. The number of allylic oxidation sites excluding steroid dienone is 1. The lowest BCUT2D eigenvalue weighted by molar-refractivity contribution is -0.139. The molecule has 6 heteroatoms. The fraction of sp³-hybridized carbons (Fsp3) is 0.476. The minimum atomic E-state index is -0.491. The van der Waals surface area contributed by atoms with Crippen LogP contribution in [0.15, 0.2) is 34.5 Å². The van der Waals surface area contributed by atoms with Crippen molar-refractivity contribution < 1.29 is 23.8 Å². The number of ketones is 1. The number of methoxy groups -OCH3 is 2. The number of esters is 1. The molecule has 0 amide bonds. The third kappa shape index (κ3) is 3.48. The Bertz CT molecular complexity index is 824. The zero-order chi connectivity index (χ0) is 19.6. The largest absolute Gasteiger partial charge is 0.497 e. The molecule has 3 rings (SSSR count). The first kappa shape index (κ1) is 19.1. The summed E-state index contributed by atoms with van der Waals surface area (Å²) in [5.41, 5.74) is 2.61. The third-order valence-corrected chi connectivity index (χ3v) is 5.17. The van der Waals surface area contributed by atoms with Crippen LogP contribution in [0.1, 0.15) is 44.6 Å². The Balaban J connectivity index is 2.23. The number of hydrogen-bond acceptors (Lipinski definition) is 6. The summed E-state index contributed by atoms with van der Waals surface area (Å²) in [6.07, 6.45) is 2.03. The number of nitrogens with zero attached hydrogens (tertiary/aromatic N) is 1. The zero-order valence-electron chi connectivity index (χ0n) is 16.2. The van der Waals surface area contributed by atoms with Gasteiger partial charge in [0.2, 0.25) is 0 Å². The summed E-state index contributed by atoms with van der Waals surface area (Å²) in [6.45, 7) is 3.82. The maximum absolute atomic E-state index is 12.9. The molecule has 0 radical (unpaired) electrons. The number of carbonyl (C=O) groups excluding carboxylic acids is 2. The van der Waals surface area contributed by atoms with E-state index < -0.39 is 17.8 Å². The molecule has 27 heavy (non-hydrogen) atoms. The van der Waals surface area contributed by atoms with Crippen molar-refractivity contribution in [3.05, 3.63) is 35.0 Å². The average molecular weight is 371 g/mol. The van der Waals surface area contributed by atoms with Crippen molar-refractivity contribution >= 4 is 17.5 Å². The van der Waals surface area contributed by atoms with E-state index in [0.717, 1.165) is 24.1 Å². The Kier molecular flexibility index (Phi) is 5.63. The number of benzene rings is 1. The van der Waals surface area contributed by atoms with Crippen molar-refractivity contribution in [2.45, 2.75) is 39.0 Å². The standard InChI is InChI=1S/C21H25NO5/c1-5-27-21(24)18-12(2)22-15-7-6-8-16(23)20(15)19(18)14-11-13(25-3)9-10-17(14)26-4/h9-11,19-20H,5-8H2,1-4H3/t19-,20+/m0/s1. The number of carbonyl (C=O) groups is 2. The molecule has 6 nitrogen and oxygen atoms in total. The summed E-state index contributed by atoms with van der Waals surface area (Å²) < 4.78 is 16.2. The third-order valence-electron chi connectivity index (χ3n) is 5.17. The molecule has 1 aliphatic carbocycles. The lowest BCUT2D eigenvalue weighted by atomic mass is 9.69. The molecule has 1 saturated carbocycles. The van der Waals surface area contributed by atoms with Gasteiger partial charge in [0, 0.05) is 29.3 Å². The predicted octanol–water partition coefficient (Wildman–Crippen LogP) is 3.45. The van der Waals surface area contributed by atoms with E-state index in [4.69, 9.17) is 14.2 Å². The van der Waals surface area contributed by atoms with E-state index in [0.29, 0.717) is 29.2 Å². The Morgan fingerprint density at radius 1 is 1.19 bits per heavy atom. The van der Waals surface area contributed by atoms with E-state index in [-0.39, 0.29) is 12.4 Å². The first-order valence-electron chi connectivity index (χ1n) is 9.21.